The largest absolute Gasteiger partial charge is 0.277 e. The summed E-state index contributed by atoms with van der Waals surface area (Å²) in [5, 5.41) is 11.9. The number of nitrogens with one attached hydrogen (secondary N) is 1. The SMILES string of the molecule is Cc1ccc(N/N=C(/C#N)S(=O)(=O)c2cc(C)ccc2F)cc1. The fourth-order valence-electron chi connectivity index (χ4n) is 1.81. The van der Waals surface area contributed by atoms with Crippen LogP contribution in [0.25, 0.3) is 0 Å². The van der Waals surface area contributed by atoms with E-state index in [-0.39, 0.29) is 0 Å². The molecule has 0 aliphatic rings. The third-order valence-corrected chi connectivity index (χ3v) is 4.65. The van der Waals surface area contributed by atoms with Gasteiger partial charge >= 0.3 is 0 Å². The molecule has 0 unspecified atom stereocenters. The Balaban J connectivity index is 2.39. The quantitative estimate of drug-likeness (QED) is 0.532. The first-order chi connectivity index (χ1) is 10.8. The van der Waals surface area contributed by atoms with Crippen LogP contribution in [0.4, 0.5) is 10.1 Å². The van der Waals surface area contributed by atoms with Crippen LogP contribution in [0.1, 0.15) is 11.1 Å². The van der Waals surface area contributed by atoms with Crippen molar-refractivity contribution in [2.75, 3.05) is 5.43 Å². The van der Waals surface area contributed by atoms with Gasteiger partial charge in [-0.25, -0.2) is 12.8 Å². The number of aryl methyl sites for hydroxylation is 2. The number of nitriles is 1. The molecule has 1 N–H and O–H groups in total. The van der Waals surface area contributed by atoms with Gasteiger partial charge in [0.25, 0.3) is 5.04 Å². The van der Waals surface area contributed by atoms with E-state index < -0.39 is 25.6 Å². The van der Waals surface area contributed by atoms with Crippen LogP contribution in [0.3, 0.4) is 0 Å². The van der Waals surface area contributed by atoms with E-state index in [4.69, 9.17) is 5.26 Å². The topological polar surface area (TPSA) is 82.3 Å². The van der Waals surface area contributed by atoms with Gasteiger partial charge in [-0.05, 0) is 43.7 Å². The first-order valence-corrected chi connectivity index (χ1v) is 8.14. The molecule has 7 heteroatoms. The maximum absolute atomic E-state index is 13.8. The molecular formula is C16H14FN3O2S. The van der Waals surface area contributed by atoms with Crippen LogP contribution in [0, 0.1) is 31.0 Å². The first-order valence-electron chi connectivity index (χ1n) is 6.66. The lowest BCUT2D eigenvalue weighted by atomic mass is 10.2. The number of anilines is 1. The van der Waals surface area contributed by atoms with E-state index in [1.165, 1.54) is 18.2 Å². The van der Waals surface area contributed by atoms with Crippen molar-refractivity contribution < 1.29 is 12.8 Å². The van der Waals surface area contributed by atoms with Crippen molar-refractivity contribution in [3.05, 3.63) is 59.4 Å². The van der Waals surface area contributed by atoms with Gasteiger partial charge in [-0.2, -0.15) is 10.4 Å². The molecule has 0 fully saturated rings. The van der Waals surface area contributed by atoms with Crippen LogP contribution < -0.4 is 5.43 Å². The molecule has 0 radical (unpaired) electrons. The molecule has 0 saturated heterocycles. The van der Waals surface area contributed by atoms with Crippen molar-refractivity contribution in [2.45, 2.75) is 18.7 Å². The second kappa shape index (κ2) is 6.58. The lowest BCUT2D eigenvalue weighted by Gasteiger charge is -2.06. The average molecular weight is 331 g/mol. The Labute approximate surface area is 134 Å². The summed E-state index contributed by atoms with van der Waals surface area (Å²) >= 11 is 0. The summed E-state index contributed by atoms with van der Waals surface area (Å²) in [5.41, 5.74) is 4.60. The molecule has 0 amide bonds. The molecule has 23 heavy (non-hydrogen) atoms. The molecule has 0 bridgehead atoms. The number of benzene rings is 2. The van der Waals surface area contributed by atoms with E-state index in [0.717, 1.165) is 11.6 Å². The lowest BCUT2D eigenvalue weighted by molar-refractivity contribution is 0.573. The summed E-state index contributed by atoms with van der Waals surface area (Å²) in [5.74, 6) is -0.922. The number of halogens is 1. The van der Waals surface area contributed by atoms with Crippen molar-refractivity contribution in [2.24, 2.45) is 5.10 Å². The zero-order chi connectivity index (χ0) is 17.0. The second-order valence-corrected chi connectivity index (χ2v) is 6.78. The maximum Gasteiger partial charge on any atom is 0.256 e. The molecule has 2 rings (SSSR count). The Morgan fingerprint density at radius 3 is 2.35 bits per heavy atom. The Bertz CT molecular complexity index is 898. The van der Waals surface area contributed by atoms with Crippen molar-refractivity contribution in [1.29, 1.82) is 5.26 Å². The average Bonchev–Trinajstić information content (AvgIpc) is 2.51. The fourth-order valence-corrected chi connectivity index (χ4v) is 2.97. The highest BCUT2D eigenvalue weighted by molar-refractivity contribution is 8.07. The maximum atomic E-state index is 13.8. The van der Waals surface area contributed by atoms with Gasteiger partial charge in [-0.15, -0.1) is 0 Å². The van der Waals surface area contributed by atoms with Gasteiger partial charge in [0.2, 0.25) is 9.84 Å². The number of hydrogen-bond acceptors (Lipinski definition) is 5. The minimum atomic E-state index is -4.33. The Kier molecular flexibility index (Phi) is 4.77. The highest BCUT2D eigenvalue weighted by Gasteiger charge is 2.26. The number of hydrazone groups is 1. The fraction of sp³-hybridized carbons (Fsp3) is 0.125. The van der Waals surface area contributed by atoms with Gasteiger partial charge in [-0.1, -0.05) is 23.8 Å². The molecule has 118 valence electrons. The summed E-state index contributed by atoms with van der Waals surface area (Å²) < 4.78 is 38.6. The van der Waals surface area contributed by atoms with Gasteiger partial charge in [0.1, 0.15) is 16.8 Å². The minimum absolute atomic E-state index is 0.517. The Morgan fingerprint density at radius 2 is 1.74 bits per heavy atom. The first kappa shape index (κ1) is 16.6. The summed E-state index contributed by atoms with van der Waals surface area (Å²) in [6, 6.07) is 12.1. The monoisotopic (exact) mass is 331 g/mol. The van der Waals surface area contributed by atoms with Crippen molar-refractivity contribution >= 4 is 20.6 Å². The van der Waals surface area contributed by atoms with Crippen molar-refractivity contribution in [1.82, 2.24) is 0 Å². The van der Waals surface area contributed by atoms with Crippen molar-refractivity contribution in [3.8, 4) is 6.07 Å². The molecule has 0 saturated carbocycles. The number of hydrogen-bond donors (Lipinski definition) is 1. The highest BCUT2D eigenvalue weighted by atomic mass is 32.2. The molecule has 2 aromatic carbocycles. The summed E-state index contributed by atoms with van der Waals surface area (Å²) in [4.78, 5) is -0.566. The van der Waals surface area contributed by atoms with Crippen LogP contribution >= 0.6 is 0 Å². The number of nitrogens with zero attached hydrogens (tertiary/aromatic N) is 2. The molecule has 0 aromatic heterocycles. The molecule has 0 atom stereocenters. The van der Waals surface area contributed by atoms with E-state index in [1.807, 2.05) is 6.92 Å². The van der Waals surface area contributed by atoms with Gasteiger partial charge in [0.15, 0.2) is 0 Å². The summed E-state index contributed by atoms with van der Waals surface area (Å²) in [6.45, 7) is 3.53. The number of sulfone groups is 1. The van der Waals surface area contributed by atoms with Crippen LogP contribution in [-0.4, -0.2) is 13.5 Å². The zero-order valence-electron chi connectivity index (χ0n) is 12.5. The predicted octanol–water partition coefficient (Wildman–Crippen LogP) is 3.17. The third kappa shape index (κ3) is 3.73. The van der Waals surface area contributed by atoms with Crippen LogP contribution in [0.2, 0.25) is 0 Å². The second-order valence-electron chi connectivity index (χ2n) is 4.94. The van der Waals surface area contributed by atoms with Crippen LogP contribution in [-0.2, 0) is 9.84 Å². The Hall–Kier alpha value is -2.72. The standard InChI is InChI=1S/C16H14FN3O2S/c1-11-3-6-13(7-4-11)19-20-16(10-18)23(21,22)15-9-12(2)5-8-14(15)17/h3-9,19H,1-2H3/b20-16-. The molecule has 2 aromatic rings. The van der Waals surface area contributed by atoms with E-state index in [1.54, 1.807) is 31.2 Å². The van der Waals surface area contributed by atoms with Gasteiger partial charge < -0.3 is 0 Å². The molecular weight excluding hydrogens is 317 g/mol. The molecule has 5 nitrogen and oxygen atoms in total. The zero-order valence-corrected chi connectivity index (χ0v) is 13.4. The van der Waals surface area contributed by atoms with Gasteiger partial charge in [0.05, 0.1) is 5.69 Å². The predicted molar refractivity (Wildman–Crippen MR) is 86.2 cm³/mol. The van der Waals surface area contributed by atoms with Gasteiger partial charge in [-0.3, -0.25) is 5.43 Å². The molecule has 0 aliphatic carbocycles. The summed E-state index contributed by atoms with van der Waals surface area (Å²) in [6.07, 6.45) is 0. The summed E-state index contributed by atoms with van der Waals surface area (Å²) in [7, 11) is -4.33. The molecule has 0 aliphatic heterocycles. The normalized spacial score (nSPS) is 11.8. The van der Waals surface area contributed by atoms with Crippen molar-refractivity contribution in [3.63, 3.8) is 0 Å². The lowest BCUT2D eigenvalue weighted by Crippen LogP contribution is -2.16. The van der Waals surface area contributed by atoms with E-state index in [0.29, 0.717) is 11.3 Å². The highest BCUT2D eigenvalue weighted by Crippen LogP contribution is 2.19. The van der Waals surface area contributed by atoms with Gasteiger partial charge in [0, 0.05) is 0 Å². The Morgan fingerprint density at radius 1 is 1.13 bits per heavy atom. The van der Waals surface area contributed by atoms with E-state index in [2.05, 4.69) is 10.5 Å². The van der Waals surface area contributed by atoms with Crippen LogP contribution in [0.15, 0.2) is 52.5 Å². The molecule has 0 spiro atoms. The van der Waals surface area contributed by atoms with Crippen LogP contribution in [0.5, 0.6) is 0 Å². The van der Waals surface area contributed by atoms with E-state index in [9.17, 15) is 12.8 Å². The smallest absolute Gasteiger partial charge is 0.256 e. The van der Waals surface area contributed by atoms with E-state index >= 15 is 0 Å². The minimum Gasteiger partial charge on any atom is -0.277 e. The number of rotatable bonds is 3. The molecule has 0 heterocycles. The third-order valence-electron chi connectivity index (χ3n) is 3.06.